The fraction of sp³-hybridized carbons (Fsp3) is 0.647. The van der Waals surface area contributed by atoms with Gasteiger partial charge in [-0.05, 0) is 38.2 Å². The number of aliphatic hydroxyl groups excluding tert-OH is 1. The van der Waals surface area contributed by atoms with Gasteiger partial charge in [-0.3, -0.25) is 0 Å². The first kappa shape index (κ1) is 13.9. The lowest BCUT2D eigenvalue weighted by molar-refractivity contribution is 0.137. The number of nitrogens with one attached hydrogen (secondary N) is 1. The number of hydrogen-bond donors (Lipinski definition) is 2. The second-order valence-corrected chi connectivity index (χ2v) is 6.80. The van der Waals surface area contributed by atoms with Gasteiger partial charge in [0.25, 0.3) is 0 Å². The molecule has 2 atom stereocenters. The second-order valence-electron chi connectivity index (χ2n) is 6.80. The standard InChI is InChI=1S/C17H25NO2/c1-17(2)9-12-5-3-6-13(16(12)20-17)10-18-15-8-4-7-14(15)11-19/h3,5-6,14-15,18-19H,4,7-11H2,1-2H3. The van der Waals surface area contributed by atoms with E-state index in [1.54, 1.807) is 0 Å². The molecule has 0 amide bonds. The fourth-order valence-corrected chi connectivity index (χ4v) is 3.58. The summed E-state index contributed by atoms with van der Waals surface area (Å²) in [5.41, 5.74) is 2.48. The van der Waals surface area contributed by atoms with Gasteiger partial charge in [-0.15, -0.1) is 0 Å². The van der Waals surface area contributed by atoms with Crippen LogP contribution in [-0.4, -0.2) is 23.4 Å². The van der Waals surface area contributed by atoms with E-state index >= 15 is 0 Å². The zero-order valence-corrected chi connectivity index (χ0v) is 12.5. The summed E-state index contributed by atoms with van der Waals surface area (Å²) in [6.45, 7) is 5.42. The summed E-state index contributed by atoms with van der Waals surface area (Å²) in [4.78, 5) is 0. The Hall–Kier alpha value is -1.06. The van der Waals surface area contributed by atoms with Crippen molar-refractivity contribution >= 4 is 0 Å². The summed E-state index contributed by atoms with van der Waals surface area (Å²) in [7, 11) is 0. The molecule has 3 heteroatoms. The Morgan fingerprint density at radius 2 is 2.20 bits per heavy atom. The second kappa shape index (κ2) is 5.38. The Kier molecular flexibility index (Phi) is 3.74. The Morgan fingerprint density at radius 1 is 1.35 bits per heavy atom. The first-order valence-electron chi connectivity index (χ1n) is 7.73. The van der Waals surface area contributed by atoms with Gasteiger partial charge in [0.05, 0.1) is 0 Å². The minimum absolute atomic E-state index is 0.0839. The molecule has 2 aliphatic rings. The van der Waals surface area contributed by atoms with Crippen LogP contribution in [0.15, 0.2) is 18.2 Å². The van der Waals surface area contributed by atoms with Gasteiger partial charge in [0, 0.05) is 31.2 Å². The molecule has 0 aromatic heterocycles. The lowest BCUT2D eigenvalue weighted by Crippen LogP contribution is -2.33. The fourth-order valence-electron chi connectivity index (χ4n) is 3.58. The van der Waals surface area contributed by atoms with E-state index in [0.29, 0.717) is 18.6 Å². The average molecular weight is 275 g/mol. The molecule has 0 spiro atoms. The van der Waals surface area contributed by atoms with Gasteiger partial charge in [0.15, 0.2) is 0 Å². The summed E-state index contributed by atoms with van der Waals surface area (Å²) < 4.78 is 6.10. The van der Waals surface area contributed by atoms with Crippen molar-refractivity contribution in [1.82, 2.24) is 5.32 Å². The number of para-hydroxylation sites is 1. The van der Waals surface area contributed by atoms with Crippen LogP contribution in [0.3, 0.4) is 0 Å². The molecule has 3 rings (SSSR count). The van der Waals surface area contributed by atoms with E-state index in [1.165, 1.54) is 24.0 Å². The van der Waals surface area contributed by atoms with Gasteiger partial charge in [-0.25, -0.2) is 0 Å². The number of hydrogen-bond acceptors (Lipinski definition) is 3. The molecule has 0 saturated heterocycles. The molecule has 2 unspecified atom stereocenters. The average Bonchev–Trinajstić information content (AvgIpc) is 2.97. The van der Waals surface area contributed by atoms with E-state index < -0.39 is 0 Å². The van der Waals surface area contributed by atoms with Crippen LogP contribution in [-0.2, 0) is 13.0 Å². The molecular formula is C17H25NO2. The predicted octanol–water partition coefficient (Wildman–Crippen LogP) is 2.65. The SMILES string of the molecule is CC1(C)Cc2cccc(CNC3CCCC3CO)c2O1. The lowest BCUT2D eigenvalue weighted by atomic mass is 10.00. The van der Waals surface area contributed by atoms with Crippen LogP contribution >= 0.6 is 0 Å². The van der Waals surface area contributed by atoms with E-state index in [0.717, 1.165) is 25.1 Å². The van der Waals surface area contributed by atoms with Crippen LogP contribution in [0.2, 0.25) is 0 Å². The Bertz CT molecular complexity index is 484. The van der Waals surface area contributed by atoms with Crippen LogP contribution in [0, 0.1) is 5.92 Å². The molecule has 1 aliphatic carbocycles. The maximum atomic E-state index is 9.39. The summed E-state index contributed by atoms with van der Waals surface area (Å²) >= 11 is 0. The highest BCUT2D eigenvalue weighted by Crippen LogP contribution is 2.37. The highest BCUT2D eigenvalue weighted by Gasteiger charge is 2.32. The van der Waals surface area contributed by atoms with Crippen LogP contribution in [0.5, 0.6) is 5.75 Å². The van der Waals surface area contributed by atoms with Gasteiger partial charge in [-0.1, -0.05) is 24.6 Å². The monoisotopic (exact) mass is 275 g/mol. The molecule has 0 radical (unpaired) electrons. The Labute approximate surface area is 121 Å². The van der Waals surface area contributed by atoms with E-state index in [4.69, 9.17) is 4.74 Å². The van der Waals surface area contributed by atoms with Crippen molar-refractivity contribution in [2.45, 2.75) is 57.7 Å². The van der Waals surface area contributed by atoms with E-state index in [1.807, 2.05) is 0 Å². The van der Waals surface area contributed by atoms with Crippen LogP contribution in [0.25, 0.3) is 0 Å². The Balaban J connectivity index is 1.69. The van der Waals surface area contributed by atoms with Gasteiger partial charge >= 0.3 is 0 Å². The molecule has 1 aliphatic heterocycles. The van der Waals surface area contributed by atoms with Crippen molar-refractivity contribution in [3.05, 3.63) is 29.3 Å². The molecule has 1 fully saturated rings. The molecule has 1 aromatic carbocycles. The summed E-state index contributed by atoms with van der Waals surface area (Å²) in [6, 6.07) is 6.89. The van der Waals surface area contributed by atoms with E-state index in [-0.39, 0.29) is 5.60 Å². The number of fused-ring (bicyclic) bond motifs is 1. The van der Waals surface area contributed by atoms with E-state index in [2.05, 4.69) is 37.4 Å². The number of aliphatic hydroxyl groups is 1. The van der Waals surface area contributed by atoms with Gasteiger partial charge in [-0.2, -0.15) is 0 Å². The smallest absolute Gasteiger partial charge is 0.127 e. The van der Waals surface area contributed by atoms with E-state index in [9.17, 15) is 5.11 Å². The van der Waals surface area contributed by atoms with Crippen LogP contribution in [0.1, 0.15) is 44.2 Å². The molecule has 1 heterocycles. The van der Waals surface area contributed by atoms with Crippen molar-refractivity contribution in [3.63, 3.8) is 0 Å². The normalized spacial score (nSPS) is 27.4. The first-order valence-corrected chi connectivity index (χ1v) is 7.73. The molecule has 0 bridgehead atoms. The molecule has 3 nitrogen and oxygen atoms in total. The molecule has 20 heavy (non-hydrogen) atoms. The third-order valence-corrected chi connectivity index (χ3v) is 4.62. The maximum Gasteiger partial charge on any atom is 0.127 e. The highest BCUT2D eigenvalue weighted by molar-refractivity contribution is 5.45. The third-order valence-electron chi connectivity index (χ3n) is 4.62. The first-order chi connectivity index (χ1) is 9.59. The summed E-state index contributed by atoms with van der Waals surface area (Å²) in [5, 5.41) is 13.0. The lowest BCUT2D eigenvalue weighted by Gasteiger charge is -2.21. The van der Waals surface area contributed by atoms with Crippen molar-refractivity contribution in [2.24, 2.45) is 5.92 Å². The minimum Gasteiger partial charge on any atom is -0.487 e. The van der Waals surface area contributed by atoms with Crippen molar-refractivity contribution in [2.75, 3.05) is 6.61 Å². The zero-order valence-electron chi connectivity index (χ0n) is 12.5. The Morgan fingerprint density at radius 3 is 3.00 bits per heavy atom. The van der Waals surface area contributed by atoms with Crippen molar-refractivity contribution in [3.8, 4) is 5.75 Å². The number of rotatable bonds is 4. The number of benzene rings is 1. The summed E-state index contributed by atoms with van der Waals surface area (Å²) in [5.74, 6) is 1.49. The van der Waals surface area contributed by atoms with Crippen LogP contribution in [0.4, 0.5) is 0 Å². The molecule has 2 N–H and O–H groups in total. The summed E-state index contributed by atoms with van der Waals surface area (Å²) in [6.07, 6.45) is 4.52. The largest absolute Gasteiger partial charge is 0.487 e. The minimum atomic E-state index is -0.0839. The highest BCUT2D eigenvalue weighted by atomic mass is 16.5. The maximum absolute atomic E-state index is 9.39. The van der Waals surface area contributed by atoms with Gasteiger partial charge in [0.2, 0.25) is 0 Å². The van der Waals surface area contributed by atoms with Gasteiger partial charge < -0.3 is 15.2 Å². The van der Waals surface area contributed by atoms with Crippen LogP contribution < -0.4 is 10.1 Å². The molecule has 110 valence electrons. The quantitative estimate of drug-likeness (QED) is 0.887. The predicted molar refractivity (Wildman–Crippen MR) is 79.9 cm³/mol. The molecule has 1 saturated carbocycles. The third kappa shape index (κ3) is 2.70. The zero-order chi connectivity index (χ0) is 14.2. The van der Waals surface area contributed by atoms with Crippen molar-refractivity contribution in [1.29, 1.82) is 0 Å². The molecular weight excluding hydrogens is 250 g/mol. The molecule has 1 aromatic rings. The van der Waals surface area contributed by atoms with Gasteiger partial charge in [0.1, 0.15) is 11.4 Å². The number of ether oxygens (including phenoxy) is 1. The topological polar surface area (TPSA) is 41.5 Å². The van der Waals surface area contributed by atoms with Crippen molar-refractivity contribution < 1.29 is 9.84 Å².